The van der Waals surface area contributed by atoms with E-state index in [1.807, 2.05) is 31.2 Å². The Balaban J connectivity index is 1.76. The fourth-order valence-corrected chi connectivity index (χ4v) is 2.55. The van der Waals surface area contributed by atoms with Crippen LogP contribution in [0.15, 0.2) is 42.5 Å². The number of benzene rings is 2. The lowest BCUT2D eigenvalue weighted by Crippen LogP contribution is -2.28. The van der Waals surface area contributed by atoms with Crippen LogP contribution in [0.25, 0.3) is 0 Å². The SMILES string of the molecule is Cc1ccccc1CC(=O)OCC(=O)NCc1ccc(Cl)cc1Cl. The minimum atomic E-state index is -0.441. The summed E-state index contributed by atoms with van der Waals surface area (Å²) in [4.78, 5) is 23.6. The van der Waals surface area contributed by atoms with Gasteiger partial charge in [-0.05, 0) is 35.7 Å². The molecule has 24 heavy (non-hydrogen) atoms. The molecule has 0 aliphatic carbocycles. The van der Waals surface area contributed by atoms with Gasteiger partial charge in [-0.25, -0.2) is 0 Å². The smallest absolute Gasteiger partial charge is 0.310 e. The van der Waals surface area contributed by atoms with Gasteiger partial charge in [-0.15, -0.1) is 0 Å². The van der Waals surface area contributed by atoms with Crippen molar-refractivity contribution in [2.45, 2.75) is 19.9 Å². The second kappa shape index (κ2) is 8.71. The predicted octanol–water partition coefficient (Wildman–Crippen LogP) is 3.70. The zero-order valence-electron chi connectivity index (χ0n) is 13.1. The number of carbonyl (C=O) groups excluding carboxylic acids is 2. The van der Waals surface area contributed by atoms with Crippen molar-refractivity contribution in [2.24, 2.45) is 0 Å². The number of esters is 1. The molecule has 0 heterocycles. The van der Waals surface area contributed by atoms with Crippen LogP contribution in [-0.2, 0) is 27.3 Å². The minimum Gasteiger partial charge on any atom is -0.455 e. The fraction of sp³-hybridized carbons (Fsp3) is 0.222. The Morgan fingerprint density at radius 3 is 2.54 bits per heavy atom. The highest BCUT2D eigenvalue weighted by Gasteiger charge is 2.10. The third-order valence-corrected chi connectivity index (χ3v) is 4.04. The Morgan fingerprint density at radius 1 is 1.08 bits per heavy atom. The Hall–Kier alpha value is -2.04. The largest absolute Gasteiger partial charge is 0.455 e. The average Bonchev–Trinajstić information content (AvgIpc) is 2.54. The zero-order chi connectivity index (χ0) is 17.5. The van der Waals surface area contributed by atoms with Gasteiger partial charge < -0.3 is 10.1 Å². The van der Waals surface area contributed by atoms with Crippen LogP contribution in [0.2, 0.25) is 10.0 Å². The lowest BCUT2D eigenvalue weighted by molar-refractivity contribution is -0.147. The Bertz CT molecular complexity index is 747. The molecule has 4 nitrogen and oxygen atoms in total. The van der Waals surface area contributed by atoms with E-state index in [1.165, 1.54) is 0 Å². The lowest BCUT2D eigenvalue weighted by atomic mass is 10.1. The summed E-state index contributed by atoms with van der Waals surface area (Å²) in [6.45, 7) is 1.84. The summed E-state index contributed by atoms with van der Waals surface area (Å²) in [5, 5.41) is 3.65. The van der Waals surface area contributed by atoms with Gasteiger partial charge >= 0.3 is 5.97 Å². The molecule has 2 aromatic rings. The molecule has 126 valence electrons. The Labute approximate surface area is 150 Å². The number of halogens is 2. The number of amides is 1. The highest BCUT2D eigenvalue weighted by Crippen LogP contribution is 2.20. The molecule has 1 N–H and O–H groups in total. The Morgan fingerprint density at radius 2 is 1.83 bits per heavy atom. The molecule has 0 bridgehead atoms. The van der Waals surface area contributed by atoms with E-state index >= 15 is 0 Å². The molecule has 0 aromatic heterocycles. The van der Waals surface area contributed by atoms with E-state index in [-0.39, 0.29) is 25.5 Å². The standard InChI is InChI=1S/C18H17Cl2NO3/c1-12-4-2-3-5-13(12)8-18(23)24-11-17(22)21-10-14-6-7-15(19)9-16(14)20/h2-7,9H,8,10-11H2,1H3,(H,21,22). The van der Waals surface area contributed by atoms with Crippen LogP contribution < -0.4 is 5.32 Å². The molecular formula is C18H17Cl2NO3. The van der Waals surface area contributed by atoms with E-state index < -0.39 is 5.97 Å². The summed E-state index contributed by atoms with van der Waals surface area (Å²) >= 11 is 11.8. The van der Waals surface area contributed by atoms with E-state index in [0.29, 0.717) is 10.0 Å². The van der Waals surface area contributed by atoms with Crippen LogP contribution in [-0.4, -0.2) is 18.5 Å². The maximum atomic E-state index is 11.8. The first kappa shape index (κ1) is 18.3. The van der Waals surface area contributed by atoms with Gasteiger partial charge in [-0.1, -0.05) is 53.5 Å². The highest BCUT2D eigenvalue weighted by atomic mass is 35.5. The summed E-state index contributed by atoms with van der Waals surface area (Å²) in [7, 11) is 0. The zero-order valence-corrected chi connectivity index (χ0v) is 14.7. The molecule has 0 radical (unpaired) electrons. The molecular weight excluding hydrogens is 349 g/mol. The van der Waals surface area contributed by atoms with Crippen molar-refractivity contribution in [3.8, 4) is 0 Å². The molecule has 0 unspecified atom stereocenters. The number of carbonyl (C=O) groups is 2. The molecule has 2 aromatic carbocycles. The van der Waals surface area contributed by atoms with E-state index in [4.69, 9.17) is 27.9 Å². The first-order chi connectivity index (χ1) is 11.5. The van der Waals surface area contributed by atoms with Gasteiger partial charge in [-0.2, -0.15) is 0 Å². The monoisotopic (exact) mass is 365 g/mol. The van der Waals surface area contributed by atoms with Crippen molar-refractivity contribution in [2.75, 3.05) is 6.61 Å². The first-order valence-electron chi connectivity index (χ1n) is 7.36. The second-order valence-corrected chi connectivity index (χ2v) is 6.12. The predicted molar refractivity (Wildman–Crippen MR) is 94.2 cm³/mol. The second-order valence-electron chi connectivity index (χ2n) is 5.28. The molecule has 6 heteroatoms. The quantitative estimate of drug-likeness (QED) is 0.793. The number of hydrogen-bond donors (Lipinski definition) is 1. The maximum absolute atomic E-state index is 11.8. The van der Waals surface area contributed by atoms with Gasteiger partial charge in [0.2, 0.25) is 0 Å². The van der Waals surface area contributed by atoms with E-state index in [1.54, 1.807) is 18.2 Å². The lowest BCUT2D eigenvalue weighted by Gasteiger charge is -2.09. The van der Waals surface area contributed by atoms with E-state index in [0.717, 1.165) is 16.7 Å². The molecule has 0 atom stereocenters. The van der Waals surface area contributed by atoms with Crippen molar-refractivity contribution in [3.63, 3.8) is 0 Å². The van der Waals surface area contributed by atoms with Crippen LogP contribution in [0.1, 0.15) is 16.7 Å². The van der Waals surface area contributed by atoms with Crippen molar-refractivity contribution >= 4 is 35.1 Å². The molecule has 2 rings (SSSR count). The highest BCUT2D eigenvalue weighted by molar-refractivity contribution is 6.35. The van der Waals surface area contributed by atoms with E-state index in [9.17, 15) is 9.59 Å². The van der Waals surface area contributed by atoms with Crippen LogP contribution in [0.3, 0.4) is 0 Å². The summed E-state index contributed by atoms with van der Waals surface area (Å²) in [5.41, 5.74) is 2.63. The number of ether oxygens (including phenoxy) is 1. The molecule has 0 saturated heterocycles. The van der Waals surface area contributed by atoms with Gasteiger partial charge in [0.25, 0.3) is 5.91 Å². The Kier molecular flexibility index (Phi) is 6.64. The average molecular weight is 366 g/mol. The number of rotatable bonds is 6. The van der Waals surface area contributed by atoms with Gasteiger partial charge in [0, 0.05) is 16.6 Å². The minimum absolute atomic E-state index is 0.142. The molecule has 0 aliphatic rings. The first-order valence-corrected chi connectivity index (χ1v) is 8.12. The molecule has 0 aliphatic heterocycles. The van der Waals surface area contributed by atoms with Gasteiger partial charge in [0.05, 0.1) is 6.42 Å². The molecule has 0 fully saturated rings. The van der Waals surface area contributed by atoms with Crippen LogP contribution in [0, 0.1) is 6.92 Å². The van der Waals surface area contributed by atoms with Crippen molar-refractivity contribution in [1.82, 2.24) is 5.32 Å². The van der Waals surface area contributed by atoms with E-state index in [2.05, 4.69) is 5.32 Å². The normalized spacial score (nSPS) is 10.3. The number of hydrogen-bond acceptors (Lipinski definition) is 3. The summed E-state index contributed by atoms with van der Waals surface area (Å²) in [6, 6.07) is 12.6. The van der Waals surface area contributed by atoms with Crippen LogP contribution in [0.5, 0.6) is 0 Å². The number of aryl methyl sites for hydroxylation is 1. The van der Waals surface area contributed by atoms with Crippen molar-refractivity contribution < 1.29 is 14.3 Å². The third-order valence-electron chi connectivity index (χ3n) is 3.45. The maximum Gasteiger partial charge on any atom is 0.310 e. The molecule has 1 amide bonds. The molecule has 0 spiro atoms. The van der Waals surface area contributed by atoms with Crippen LogP contribution >= 0.6 is 23.2 Å². The van der Waals surface area contributed by atoms with Crippen molar-refractivity contribution in [3.05, 3.63) is 69.2 Å². The molecule has 0 saturated carbocycles. The summed E-state index contributed by atoms with van der Waals surface area (Å²) in [6.07, 6.45) is 0.142. The van der Waals surface area contributed by atoms with Crippen molar-refractivity contribution in [1.29, 1.82) is 0 Å². The summed E-state index contributed by atoms with van der Waals surface area (Å²) < 4.78 is 5.00. The van der Waals surface area contributed by atoms with Gasteiger partial charge in [0.1, 0.15) is 0 Å². The van der Waals surface area contributed by atoms with Gasteiger partial charge in [0.15, 0.2) is 6.61 Å². The number of nitrogens with one attached hydrogen (secondary N) is 1. The van der Waals surface area contributed by atoms with Crippen LogP contribution in [0.4, 0.5) is 0 Å². The van der Waals surface area contributed by atoms with Gasteiger partial charge in [-0.3, -0.25) is 9.59 Å². The fourth-order valence-electron chi connectivity index (χ4n) is 2.07. The summed E-state index contributed by atoms with van der Waals surface area (Å²) in [5.74, 6) is -0.830. The topological polar surface area (TPSA) is 55.4 Å². The third kappa shape index (κ3) is 5.55.